The number of benzene rings is 1. The van der Waals surface area contributed by atoms with Crippen molar-refractivity contribution in [3.8, 4) is 11.5 Å². The number of rotatable bonds is 6. The maximum Gasteiger partial charge on any atom is 0.179 e. The molecule has 0 saturated carbocycles. The summed E-state index contributed by atoms with van der Waals surface area (Å²) in [4.78, 5) is 4.05. The Morgan fingerprint density at radius 2 is 2.15 bits per heavy atom. The van der Waals surface area contributed by atoms with Crippen LogP contribution >= 0.6 is 11.6 Å². The van der Waals surface area contributed by atoms with E-state index in [0.29, 0.717) is 28.7 Å². The minimum atomic E-state index is -0.0912. The molecule has 1 N–H and O–H groups in total. The molecule has 1 aromatic carbocycles. The fourth-order valence-electron chi connectivity index (χ4n) is 1.82. The summed E-state index contributed by atoms with van der Waals surface area (Å²) >= 11 is 6.15. The van der Waals surface area contributed by atoms with Gasteiger partial charge in [-0.15, -0.1) is 0 Å². The Labute approximate surface area is 122 Å². The van der Waals surface area contributed by atoms with E-state index in [1.54, 1.807) is 31.6 Å². The standard InChI is InChI=1S/C15H16ClNO3/c1-19-14-8-12(10-18)7-13(16)15(14)20-6-4-11-3-2-5-17-9-11/h2-3,5,7-9,18H,4,6,10H2,1H3. The molecule has 0 aliphatic rings. The first-order valence-corrected chi connectivity index (χ1v) is 6.61. The summed E-state index contributed by atoms with van der Waals surface area (Å²) in [5.41, 5.74) is 1.78. The molecule has 5 heteroatoms. The van der Waals surface area contributed by atoms with Crippen LogP contribution in [0.5, 0.6) is 11.5 Å². The van der Waals surface area contributed by atoms with Crippen molar-refractivity contribution >= 4 is 11.6 Å². The second-order valence-corrected chi connectivity index (χ2v) is 4.63. The molecule has 4 nitrogen and oxygen atoms in total. The summed E-state index contributed by atoms with van der Waals surface area (Å²) in [5.74, 6) is 1.02. The van der Waals surface area contributed by atoms with Crippen LogP contribution in [0.25, 0.3) is 0 Å². The van der Waals surface area contributed by atoms with Crippen molar-refractivity contribution in [3.63, 3.8) is 0 Å². The molecule has 1 aromatic heterocycles. The molecule has 0 unspecified atom stereocenters. The largest absolute Gasteiger partial charge is 0.493 e. The minimum Gasteiger partial charge on any atom is -0.493 e. The van der Waals surface area contributed by atoms with Gasteiger partial charge in [-0.1, -0.05) is 17.7 Å². The normalized spacial score (nSPS) is 10.3. The van der Waals surface area contributed by atoms with Gasteiger partial charge in [0.2, 0.25) is 0 Å². The first kappa shape index (κ1) is 14.6. The first-order valence-electron chi connectivity index (χ1n) is 6.23. The third-order valence-corrected chi connectivity index (χ3v) is 3.11. The van der Waals surface area contributed by atoms with Gasteiger partial charge in [0.25, 0.3) is 0 Å². The van der Waals surface area contributed by atoms with Crippen LogP contribution in [0, 0.1) is 0 Å². The van der Waals surface area contributed by atoms with Gasteiger partial charge in [-0.2, -0.15) is 0 Å². The molecule has 0 aliphatic heterocycles. The summed E-state index contributed by atoms with van der Waals surface area (Å²) in [6.45, 7) is 0.381. The molecular formula is C15H16ClNO3. The monoisotopic (exact) mass is 293 g/mol. The summed E-state index contributed by atoms with van der Waals surface area (Å²) in [6, 6.07) is 7.26. The third-order valence-electron chi connectivity index (χ3n) is 2.83. The molecule has 20 heavy (non-hydrogen) atoms. The lowest BCUT2D eigenvalue weighted by molar-refractivity contribution is 0.277. The van der Waals surface area contributed by atoms with Crippen molar-refractivity contribution in [2.45, 2.75) is 13.0 Å². The van der Waals surface area contributed by atoms with Gasteiger partial charge in [0, 0.05) is 18.8 Å². The fraction of sp³-hybridized carbons (Fsp3) is 0.267. The highest BCUT2D eigenvalue weighted by atomic mass is 35.5. The van der Waals surface area contributed by atoms with Crippen molar-refractivity contribution < 1.29 is 14.6 Å². The van der Waals surface area contributed by atoms with Crippen LogP contribution in [0.3, 0.4) is 0 Å². The van der Waals surface area contributed by atoms with Crippen molar-refractivity contribution in [1.82, 2.24) is 4.98 Å². The number of aliphatic hydroxyl groups excluding tert-OH is 1. The summed E-state index contributed by atoms with van der Waals surface area (Å²) in [5, 5.41) is 9.57. The molecule has 0 radical (unpaired) electrons. The Morgan fingerprint density at radius 3 is 2.80 bits per heavy atom. The number of aromatic nitrogens is 1. The Kier molecular flexibility index (Phi) is 5.21. The average Bonchev–Trinajstić information content (AvgIpc) is 2.49. The van der Waals surface area contributed by atoms with Crippen LogP contribution in [0.15, 0.2) is 36.7 Å². The minimum absolute atomic E-state index is 0.0912. The average molecular weight is 294 g/mol. The highest BCUT2D eigenvalue weighted by molar-refractivity contribution is 6.32. The van der Waals surface area contributed by atoms with E-state index < -0.39 is 0 Å². The summed E-state index contributed by atoms with van der Waals surface area (Å²) in [6.07, 6.45) is 4.27. The van der Waals surface area contributed by atoms with Crippen LogP contribution in [-0.4, -0.2) is 23.8 Å². The number of nitrogens with zero attached hydrogens (tertiary/aromatic N) is 1. The summed E-state index contributed by atoms with van der Waals surface area (Å²) in [7, 11) is 1.54. The van der Waals surface area contributed by atoms with E-state index in [0.717, 1.165) is 12.0 Å². The number of hydrogen-bond acceptors (Lipinski definition) is 4. The van der Waals surface area contributed by atoms with E-state index in [-0.39, 0.29) is 6.61 Å². The Morgan fingerprint density at radius 1 is 1.30 bits per heavy atom. The molecule has 0 bridgehead atoms. The molecule has 0 atom stereocenters. The van der Waals surface area contributed by atoms with E-state index >= 15 is 0 Å². The van der Waals surface area contributed by atoms with Crippen molar-refractivity contribution in [1.29, 1.82) is 0 Å². The van der Waals surface area contributed by atoms with E-state index in [4.69, 9.17) is 26.2 Å². The van der Waals surface area contributed by atoms with Crippen molar-refractivity contribution in [3.05, 3.63) is 52.8 Å². The molecule has 0 saturated heterocycles. The first-order chi connectivity index (χ1) is 9.74. The quantitative estimate of drug-likeness (QED) is 0.890. The zero-order valence-corrected chi connectivity index (χ0v) is 11.9. The maximum absolute atomic E-state index is 9.14. The van der Waals surface area contributed by atoms with Gasteiger partial charge in [-0.25, -0.2) is 0 Å². The second-order valence-electron chi connectivity index (χ2n) is 4.23. The number of pyridine rings is 1. The topological polar surface area (TPSA) is 51.6 Å². The highest BCUT2D eigenvalue weighted by Gasteiger charge is 2.11. The number of methoxy groups -OCH3 is 1. The van der Waals surface area contributed by atoms with E-state index in [2.05, 4.69) is 4.98 Å². The van der Waals surface area contributed by atoms with Gasteiger partial charge in [-0.05, 0) is 29.3 Å². The zero-order valence-electron chi connectivity index (χ0n) is 11.2. The lowest BCUT2D eigenvalue weighted by Crippen LogP contribution is -2.04. The Balaban J connectivity index is 2.05. The molecule has 106 valence electrons. The molecular weight excluding hydrogens is 278 g/mol. The van der Waals surface area contributed by atoms with Crippen LogP contribution < -0.4 is 9.47 Å². The predicted molar refractivity (Wildman–Crippen MR) is 77.4 cm³/mol. The molecule has 0 amide bonds. The van der Waals surface area contributed by atoms with Crippen molar-refractivity contribution in [2.24, 2.45) is 0 Å². The van der Waals surface area contributed by atoms with Crippen LogP contribution in [-0.2, 0) is 13.0 Å². The van der Waals surface area contributed by atoms with Gasteiger partial charge >= 0.3 is 0 Å². The van der Waals surface area contributed by atoms with Gasteiger partial charge in [0.05, 0.1) is 25.3 Å². The zero-order chi connectivity index (χ0) is 14.4. The maximum atomic E-state index is 9.14. The van der Waals surface area contributed by atoms with Gasteiger partial charge in [0.1, 0.15) is 0 Å². The van der Waals surface area contributed by atoms with Crippen molar-refractivity contribution in [2.75, 3.05) is 13.7 Å². The summed E-state index contributed by atoms with van der Waals surface area (Å²) < 4.78 is 10.9. The van der Waals surface area contributed by atoms with Crippen LogP contribution in [0.2, 0.25) is 5.02 Å². The highest BCUT2D eigenvalue weighted by Crippen LogP contribution is 2.36. The molecule has 0 aliphatic carbocycles. The van der Waals surface area contributed by atoms with Crippen LogP contribution in [0.1, 0.15) is 11.1 Å². The predicted octanol–water partition coefficient (Wildman–Crippen LogP) is 2.86. The molecule has 2 rings (SSSR count). The third kappa shape index (κ3) is 3.62. The molecule has 2 aromatic rings. The lowest BCUT2D eigenvalue weighted by Gasteiger charge is -2.13. The smallest absolute Gasteiger partial charge is 0.179 e. The second kappa shape index (κ2) is 7.12. The molecule has 0 fully saturated rings. The number of hydrogen-bond donors (Lipinski definition) is 1. The van der Waals surface area contributed by atoms with Gasteiger partial charge < -0.3 is 14.6 Å². The van der Waals surface area contributed by atoms with Gasteiger partial charge in [-0.3, -0.25) is 4.98 Å². The number of aliphatic hydroxyl groups is 1. The van der Waals surface area contributed by atoms with E-state index in [1.807, 2.05) is 12.1 Å². The SMILES string of the molecule is COc1cc(CO)cc(Cl)c1OCCc1cccnc1. The number of ether oxygens (including phenoxy) is 2. The molecule has 1 heterocycles. The van der Waals surface area contributed by atoms with Crippen LogP contribution in [0.4, 0.5) is 0 Å². The Bertz CT molecular complexity index is 561. The molecule has 0 spiro atoms. The fourth-order valence-corrected chi connectivity index (χ4v) is 2.11. The van der Waals surface area contributed by atoms with E-state index in [9.17, 15) is 0 Å². The lowest BCUT2D eigenvalue weighted by atomic mass is 10.2. The van der Waals surface area contributed by atoms with Gasteiger partial charge in [0.15, 0.2) is 11.5 Å². The Hall–Kier alpha value is -1.78. The van der Waals surface area contributed by atoms with E-state index in [1.165, 1.54) is 0 Å². The number of halogens is 1.